The van der Waals surface area contributed by atoms with Gasteiger partial charge in [-0.25, -0.2) is 4.99 Å². The van der Waals surface area contributed by atoms with Crippen molar-refractivity contribution in [3.05, 3.63) is 58.3 Å². The van der Waals surface area contributed by atoms with Crippen LogP contribution in [0.25, 0.3) is 0 Å². The number of nitrogens with one attached hydrogen (secondary N) is 2. The van der Waals surface area contributed by atoms with Crippen molar-refractivity contribution in [2.45, 2.75) is 27.0 Å². The van der Waals surface area contributed by atoms with Crippen molar-refractivity contribution >= 4 is 41.3 Å². The first-order valence-electron chi connectivity index (χ1n) is 8.44. The maximum atomic E-state index is 5.79. The molecule has 1 aromatic heterocycles. The molecule has 0 aliphatic carbocycles. The second-order valence-electron chi connectivity index (χ2n) is 5.76. The lowest BCUT2D eigenvalue weighted by molar-refractivity contribution is 0.0931. The Bertz CT molecular complexity index is 590. The molecule has 0 aliphatic heterocycles. The summed E-state index contributed by atoms with van der Waals surface area (Å²) in [6, 6.07) is 14.4. The number of guanidine groups is 1. The molecule has 1 unspecified atom stereocenters. The van der Waals surface area contributed by atoms with Crippen molar-refractivity contribution in [2.24, 2.45) is 10.9 Å². The van der Waals surface area contributed by atoms with Gasteiger partial charge in [0, 0.05) is 18.0 Å². The minimum absolute atomic E-state index is 0. The van der Waals surface area contributed by atoms with Crippen LogP contribution in [0.2, 0.25) is 0 Å². The summed E-state index contributed by atoms with van der Waals surface area (Å²) in [4.78, 5) is 5.89. The second-order valence-corrected chi connectivity index (χ2v) is 6.79. The highest BCUT2D eigenvalue weighted by molar-refractivity contribution is 14.0. The Morgan fingerprint density at radius 1 is 1.16 bits per heavy atom. The average molecular weight is 473 g/mol. The van der Waals surface area contributed by atoms with E-state index in [-0.39, 0.29) is 24.0 Å². The Balaban J connectivity index is 0.00000312. The van der Waals surface area contributed by atoms with E-state index in [1.807, 2.05) is 18.2 Å². The standard InChI is InChI=1S/C19H27N3OS.HI/c1-3-20-19(22-13-18-10-7-11-24-18)21-12-16(2)14-23-15-17-8-5-4-6-9-17;/h4-11,16H,3,12-15H2,1-2H3,(H2,20,21,22);1H. The van der Waals surface area contributed by atoms with Gasteiger partial charge in [0.05, 0.1) is 19.8 Å². The predicted octanol–water partition coefficient (Wildman–Crippen LogP) is 4.27. The van der Waals surface area contributed by atoms with Crippen molar-refractivity contribution < 1.29 is 4.74 Å². The topological polar surface area (TPSA) is 45.7 Å². The fourth-order valence-electron chi connectivity index (χ4n) is 2.18. The van der Waals surface area contributed by atoms with E-state index in [4.69, 9.17) is 4.74 Å². The van der Waals surface area contributed by atoms with Crippen molar-refractivity contribution in [3.63, 3.8) is 0 Å². The van der Waals surface area contributed by atoms with Crippen molar-refractivity contribution in [1.82, 2.24) is 10.6 Å². The van der Waals surface area contributed by atoms with Gasteiger partial charge in [0.15, 0.2) is 5.96 Å². The Morgan fingerprint density at radius 2 is 1.96 bits per heavy atom. The quantitative estimate of drug-likeness (QED) is 0.325. The van der Waals surface area contributed by atoms with Crippen LogP contribution in [0.3, 0.4) is 0 Å². The molecule has 1 aromatic carbocycles. The lowest BCUT2D eigenvalue weighted by atomic mass is 10.2. The number of ether oxygens (including phenoxy) is 1. The van der Waals surface area contributed by atoms with Crippen LogP contribution in [0.5, 0.6) is 0 Å². The van der Waals surface area contributed by atoms with Gasteiger partial charge < -0.3 is 15.4 Å². The molecule has 138 valence electrons. The van der Waals surface area contributed by atoms with Crippen LogP contribution >= 0.6 is 35.3 Å². The zero-order chi connectivity index (χ0) is 17.0. The van der Waals surface area contributed by atoms with Crippen molar-refractivity contribution in [1.29, 1.82) is 0 Å². The number of aliphatic imine (C=N–C) groups is 1. The second kappa shape index (κ2) is 13.1. The molecule has 4 nitrogen and oxygen atoms in total. The van der Waals surface area contributed by atoms with E-state index < -0.39 is 0 Å². The fourth-order valence-corrected chi connectivity index (χ4v) is 2.81. The van der Waals surface area contributed by atoms with Crippen LogP contribution in [0.15, 0.2) is 52.8 Å². The van der Waals surface area contributed by atoms with E-state index in [2.05, 4.69) is 59.1 Å². The molecule has 1 atom stereocenters. The SMILES string of the molecule is CCNC(=NCc1cccs1)NCC(C)COCc1ccccc1.I. The highest BCUT2D eigenvalue weighted by atomic mass is 127. The Labute approximate surface area is 172 Å². The minimum atomic E-state index is 0. The smallest absolute Gasteiger partial charge is 0.191 e. The number of benzene rings is 1. The lowest BCUT2D eigenvalue weighted by Crippen LogP contribution is -2.40. The molecule has 6 heteroatoms. The molecule has 0 spiro atoms. The first kappa shape index (κ1) is 21.9. The van der Waals surface area contributed by atoms with Crippen LogP contribution in [0.1, 0.15) is 24.3 Å². The summed E-state index contributed by atoms with van der Waals surface area (Å²) in [6.45, 7) is 8.06. The normalized spacial score (nSPS) is 12.3. The highest BCUT2D eigenvalue weighted by Crippen LogP contribution is 2.09. The Kier molecular flexibility index (Phi) is 11.5. The summed E-state index contributed by atoms with van der Waals surface area (Å²) in [5.41, 5.74) is 1.21. The van der Waals surface area contributed by atoms with Crippen LogP contribution in [-0.4, -0.2) is 25.7 Å². The van der Waals surface area contributed by atoms with Crippen LogP contribution in [0.4, 0.5) is 0 Å². The third-order valence-electron chi connectivity index (χ3n) is 3.45. The number of thiophene rings is 1. The Hall–Kier alpha value is -1.12. The zero-order valence-electron chi connectivity index (χ0n) is 14.9. The number of hydrogen-bond donors (Lipinski definition) is 2. The molecular weight excluding hydrogens is 445 g/mol. The molecule has 2 aromatic rings. The van der Waals surface area contributed by atoms with E-state index in [0.717, 1.165) is 25.7 Å². The minimum Gasteiger partial charge on any atom is -0.376 e. The van der Waals surface area contributed by atoms with E-state index in [1.54, 1.807) is 11.3 Å². The van der Waals surface area contributed by atoms with Gasteiger partial charge in [-0.05, 0) is 29.9 Å². The predicted molar refractivity (Wildman–Crippen MR) is 118 cm³/mol. The number of nitrogens with zero attached hydrogens (tertiary/aromatic N) is 1. The largest absolute Gasteiger partial charge is 0.376 e. The van der Waals surface area contributed by atoms with E-state index in [9.17, 15) is 0 Å². The summed E-state index contributed by atoms with van der Waals surface area (Å²) < 4.78 is 5.79. The maximum Gasteiger partial charge on any atom is 0.191 e. The summed E-state index contributed by atoms with van der Waals surface area (Å²) in [7, 11) is 0. The molecule has 0 saturated heterocycles. The average Bonchev–Trinajstić information content (AvgIpc) is 3.12. The third-order valence-corrected chi connectivity index (χ3v) is 4.31. The zero-order valence-corrected chi connectivity index (χ0v) is 18.1. The van der Waals surface area contributed by atoms with Crippen LogP contribution in [0, 0.1) is 5.92 Å². The van der Waals surface area contributed by atoms with Gasteiger partial charge in [0.2, 0.25) is 0 Å². The van der Waals surface area contributed by atoms with Gasteiger partial charge in [0.1, 0.15) is 0 Å². The summed E-state index contributed by atoms with van der Waals surface area (Å²) in [5, 5.41) is 8.76. The first-order valence-corrected chi connectivity index (χ1v) is 9.32. The van der Waals surface area contributed by atoms with Gasteiger partial charge in [0.25, 0.3) is 0 Å². The molecule has 0 radical (unpaired) electrons. The summed E-state index contributed by atoms with van der Waals surface area (Å²) in [6.07, 6.45) is 0. The van der Waals surface area contributed by atoms with Gasteiger partial charge >= 0.3 is 0 Å². The molecule has 1 heterocycles. The van der Waals surface area contributed by atoms with E-state index in [1.165, 1.54) is 10.4 Å². The van der Waals surface area contributed by atoms with Gasteiger partial charge in [-0.2, -0.15) is 0 Å². The number of hydrogen-bond acceptors (Lipinski definition) is 3. The van der Waals surface area contributed by atoms with Crippen molar-refractivity contribution in [3.8, 4) is 0 Å². The molecular formula is C19H28IN3OS. The monoisotopic (exact) mass is 473 g/mol. The van der Waals surface area contributed by atoms with Crippen molar-refractivity contribution in [2.75, 3.05) is 19.7 Å². The summed E-state index contributed by atoms with van der Waals surface area (Å²) in [5.74, 6) is 1.28. The van der Waals surface area contributed by atoms with Crippen LogP contribution in [-0.2, 0) is 17.9 Å². The van der Waals surface area contributed by atoms with E-state index >= 15 is 0 Å². The molecule has 25 heavy (non-hydrogen) atoms. The molecule has 0 aliphatic rings. The van der Waals surface area contributed by atoms with Gasteiger partial charge in [-0.1, -0.05) is 43.3 Å². The molecule has 0 fully saturated rings. The molecule has 0 saturated carbocycles. The highest BCUT2D eigenvalue weighted by Gasteiger charge is 2.05. The number of rotatable bonds is 9. The molecule has 2 rings (SSSR count). The Morgan fingerprint density at radius 3 is 2.64 bits per heavy atom. The van der Waals surface area contributed by atoms with Crippen LogP contribution < -0.4 is 10.6 Å². The van der Waals surface area contributed by atoms with Gasteiger partial charge in [-0.3, -0.25) is 0 Å². The first-order chi connectivity index (χ1) is 11.8. The maximum absolute atomic E-state index is 5.79. The molecule has 0 amide bonds. The van der Waals surface area contributed by atoms with Gasteiger partial charge in [-0.15, -0.1) is 35.3 Å². The molecule has 0 bridgehead atoms. The van der Waals surface area contributed by atoms with E-state index in [0.29, 0.717) is 19.1 Å². The lowest BCUT2D eigenvalue weighted by Gasteiger charge is -2.16. The number of halogens is 1. The third kappa shape index (κ3) is 9.23. The fraction of sp³-hybridized carbons (Fsp3) is 0.421. The molecule has 2 N–H and O–H groups in total. The summed E-state index contributed by atoms with van der Waals surface area (Å²) >= 11 is 1.73.